The number of hydrogen-bond donors (Lipinski definition) is 3. The Labute approximate surface area is 168 Å². The molecule has 11 nitrogen and oxygen atoms in total. The molecule has 3 N–H and O–H groups in total. The van der Waals surface area contributed by atoms with E-state index in [2.05, 4.69) is 20.7 Å². The van der Waals surface area contributed by atoms with Crippen molar-refractivity contribution in [3.63, 3.8) is 0 Å². The number of amides is 2. The number of carboxylic acids is 1. The Kier molecular flexibility index (Phi) is 9.27. The first-order valence-electron chi connectivity index (χ1n) is 8.88. The number of hydrogen-bond acceptors (Lipinski definition) is 6. The van der Waals surface area contributed by atoms with Gasteiger partial charge in [0.15, 0.2) is 0 Å². The van der Waals surface area contributed by atoms with Crippen molar-refractivity contribution in [3.05, 3.63) is 40.3 Å². The number of benzene rings is 1. The third-order valence-electron chi connectivity index (χ3n) is 3.43. The lowest BCUT2D eigenvalue weighted by molar-refractivity contribution is -0.139. The lowest BCUT2D eigenvalue weighted by atomic mass is 10.1. The smallest absolute Gasteiger partial charge is 0.408 e. The summed E-state index contributed by atoms with van der Waals surface area (Å²) in [5.74, 6) is -1.20. The van der Waals surface area contributed by atoms with E-state index in [1.165, 1.54) is 0 Å². The lowest BCUT2D eigenvalue weighted by Gasteiger charge is -2.22. The fourth-order valence-electron chi connectivity index (χ4n) is 2.18. The molecular formula is C18H25N5O6. The van der Waals surface area contributed by atoms with Crippen LogP contribution in [0.25, 0.3) is 10.4 Å². The summed E-state index contributed by atoms with van der Waals surface area (Å²) in [5, 5.41) is 17.5. The molecule has 158 valence electrons. The maximum atomic E-state index is 11.8. The topological polar surface area (TPSA) is 163 Å². The Morgan fingerprint density at radius 3 is 2.55 bits per heavy atom. The summed E-state index contributed by atoms with van der Waals surface area (Å²) in [6.07, 6.45) is -1.14. The van der Waals surface area contributed by atoms with Gasteiger partial charge in [0.2, 0.25) is 0 Å². The molecule has 0 aromatic heterocycles. The number of alkyl carbamates (subject to hydrolysis) is 2. The van der Waals surface area contributed by atoms with Crippen molar-refractivity contribution in [2.75, 3.05) is 6.54 Å². The molecule has 1 unspecified atom stereocenters. The van der Waals surface area contributed by atoms with Crippen LogP contribution in [0.1, 0.15) is 39.2 Å². The molecule has 29 heavy (non-hydrogen) atoms. The molecule has 1 aromatic carbocycles. The Morgan fingerprint density at radius 1 is 1.24 bits per heavy atom. The predicted molar refractivity (Wildman–Crippen MR) is 103 cm³/mol. The van der Waals surface area contributed by atoms with E-state index in [1.807, 2.05) is 0 Å². The van der Waals surface area contributed by atoms with Crippen LogP contribution in [0.15, 0.2) is 29.4 Å². The van der Waals surface area contributed by atoms with Crippen molar-refractivity contribution in [2.24, 2.45) is 5.11 Å². The van der Waals surface area contributed by atoms with Crippen molar-refractivity contribution in [1.82, 2.24) is 10.6 Å². The highest BCUT2D eigenvalue weighted by atomic mass is 16.6. The number of ether oxygens (including phenoxy) is 2. The number of aliphatic carboxylic acids is 1. The molecule has 0 fully saturated rings. The Bertz CT molecular complexity index is 770. The van der Waals surface area contributed by atoms with Crippen molar-refractivity contribution >= 4 is 23.8 Å². The van der Waals surface area contributed by atoms with Crippen LogP contribution in [-0.2, 0) is 20.9 Å². The summed E-state index contributed by atoms with van der Waals surface area (Å²) in [7, 11) is 0. The first kappa shape index (κ1) is 23.6. The molecule has 0 heterocycles. The largest absolute Gasteiger partial charge is 0.480 e. The van der Waals surface area contributed by atoms with Crippen LogP contribution in [-0.4, -0.2) is 41.4 Å². The number of carboxylic acid groups (broad SMARTS) is 1. The van der Waals surface area contributed by atoms with Gasteiger partial charge in [-0.1, -0.05) is 29.4 Å². The highest BCUT2D eigenvalue weighted by Crippen LogP contribution is 2.19. The summed E-state index contributed by atoms with van der Waals surface area (Å²) in [4.78, 5) is 37.4. The van der Waals surface area contributed by atoms with Crippen LogP contribution in [0, 0.1) is 0 Å². The second-order valence-electron chi connectivity index (χ2n) is 7.00. The molecule has 2 amide bonds. The molecule has 0 aliphatic carbocycles. The van der Waals surface area contributed by atoms with Crippen LogP contribution in [0.3, 0.4) is 0 Å². The molecule has 0 aliphatic heterocycles. The molecule has 0 saturated heterocycles. The Morgan fingerprint density at radius 2 is 1.93 bits per heavy atom. The summed E-state index contributed by atoms with van der Waals surface area (Å²) < 4.78 is 10.1. The zero-order chi connectivity index (χ0) is 21.9. The van der Waals surface area contributed by atoms with E-state index < -0.39 is 29.8 Å². The minimum absolute atomic E-state index is 0.0843. The minimum Gasteiger partial charge on any atom is -0.480 e. The van der Waals surface area contributed by atoms with Gasteiger partial charge in [0.05, 0.1) is 0 Å². The first-order chi connectivity index (χ1) is 13.6. The molecule has 0 spiro atoms. The first-order valence-corrected chi connectivity index (χ1v) is 8.88. The summed E-state index contributed by atoms with van der Waals surface area (Å²) in [6.45, 7) is 5.07. The van der Waals surface area contributed by atoms with E-state index in [-0.39, 0.29) is 26.0 Å². The van der Waals surface area contributed by atoms with Gasteiger partial charge in [0.25, 0.3) is 0 Å². The monoisotopic (exact) mass is 407 g/mol. The lowest BCUT2D eigenvalue weighted by Crippen LogP contribution is -2.43. The number of nitrogens with one attached hydrogen (secondary N) is 2. The maximum absolute atomic E-state index is 11.8. The molecule has 1 rings (SSSR count). The van der Waals surface area contributed by atoms with Crippen molar-refractivity contribution in [2.45, 2.75) is 51.9 Å². The number of rotatable bonds is 9. The fraction of sp³-hybridized carbons (Fsp3) is 0.500. The third kappa shape index (κ3) is 9.87. The maximum Gasteiger partial charge on any atom is 0.408 e. The second kappa shape index (κ2) is 11.4. The van der Waals surface area contributed by atoms with Crippen LogP contribution in [0.2, 0.25) is 0 Å². The van der Waals surface area contributed by atoms with Gasteiger partial charge in [-0.25, -0.2) is 14.4 Å². The molecule has 0 aliphatic rings. The van der Waals surface area contributed by atoms with E-state index in [4.69, 9.17) is 15.0 Å². The van der Waals surface area contributed by atoms with Gasteiger partial charge in [-0.05, 0) is 44.7 Å². The zero-order valence-corrected chi connectivity index (χ0v) is 16.5. The van der Waals surface area contributed by atoms with Gasteiger partial charge in [-0.3, -0.25) is 0 Å². The summed E-state index contributed by atoms with van der Waals surface area (Å²) in [6, 6.07) is 5.53. The fourth-order valence-corrected chi connectivity index (χ4v) is 2.18. The van der Waals surface area contributed by atoms with Crippen LogP contribution in [0.4, 0.5) is 15.3 Å². The van der Waals surface area contributed by atoms with Crippen LogP contribution < -0.4 is 10.6 Å². The number of nitrogens with zero attached hydrogens (tertiary/aromatic N) is 3. The second-order valence-corrected chi connectivity index (χ2v) is 7.00. The standard InChI is InChI=1S/C18H25N5O6/c1-18(2,3)29-17(27)21-14(15(24)25)9-6-10-20-16(26)28-11-12-7-4-5-8-13(12)22-23-19/h4-5,7-8,14H,6,9-11H2,1-3H3,(H,20,26)(H,21,27)(H,24,25). The molecule has 1 atom stereocenters. The van der Waals surface area contributed by atoms with Crippen molar-refractivity contribution in [1.29, 1.82) is 0 Å². The van der Waals surface area contributed by atoms with Gasteiger partial charge < -0.3 is 25.2 Å². The normalized spacial score (nSPS) is 11.6. The average Bonchev–Trinajstić information content (AvgIpc) is 2.62. The zero-order valence-electron chi connectivity index (χ0n) is 16.5. The molecule has 1 aromatic rings. The van der Waals surface area contributed by atoms with E-state index >= 15 is 0 Å². The third-order valence-corrected chi connectivity index (χ3v) is 3.43. The number of azide groups is 1. The van der Waals surface area contributed by atoms with Crippen molar-refractivity contribution in [3.8, 4) is 0 Å². The SMILES string of the molecule is CC(C)(C)OC(=O)NC(CCCNC(=O)OCc1ccccc1N=[N+]=[N-])C(=O)O. The quantitative estimate of drug-likeness (QED) is 0.245. The molecule has 0 radical (unpaired) electrons. The van der Waals surface area contributed by atoms with Gasteiger partial charge in [-0.15, -0.1) is 0 Å². The molecule has 11 heteroatoms. The van der Waals surface area contributed by atoms with Gasteiger partial charge in [-0.2, -0.15) is 0 Å². The van der Waals surface area contributed by atoms with Crippen LogP contribution in [0.5, 0.6) is 0 Å². The van der Waals surface area contributed by atoms with Crippen LogP contribution >= 0.6 is 0 Å². The Balaban J connectivity index is 2.38. The van der Waals surface area contributed by atoms with E-state index in [1.54, 1.807) is 45.0 Å². The Hall–Kier alpha value is -3.46. The summed E-state index contributed by atoms with van der Waals surface area (Å²) in [5.41, 5.74) is 8.69. The highest BCUT2D eigenvalue weighted by Gasteiger charge is 2.23. The predicted octanol–water partition coefficient (Wildman–Crippen LogP) is 3.61. The van der Waals surface area contributed by atoms with E-state index in [9.17, 15) is 19.5 Å². The van der Waals surface area contributed by atoms with Gasteiger partial charge in [0, 0.05) is 17.1 Å². The number of carbonyl (C=O) groups excluding carboxylic acids is 2. The van der Waals surface area contributed by atoms with Crippen molar-refractivity contribution < 1.29 is 29.0 Å². The van der Waals surface area contributed by atoms with Gasteiger partial charge in [0.1, 0.15) is 18.2 Å². The van der Waals surface area contributed by atoms with E-state index in [0.29, 0.717) is 11.3 Å². The van der Waals surface area contributed by atoms with E-state index in [0.717, 1.165) is 0 Å². The minimum atomic E-state index is -1.20. The molecular weight excluding hydrogens is 382 g/mol. The van der Waals surface area contributed by atoms with Gasteiger partial charge >= 0.3 is 18.2 Å². The summed E-state index contributed by atoms with van der Waals surface area (Å²) >= 11 is 0. The highest BCUT2D eigenvalue weighted by molar-refractivity contribution is 5.80. The average molecular weight is 407 g/mol. The number of carbonyl (C=O) groups is 3. The molecule has 0 saturated carbocycles. The molecule has 0 bridgehead atoms.